The minimum Gasteiger partial charge on any atom is -0.366 e. The third-order valence-corrected chi connectivity index (χ3v) is 4.68. The number of fused-ring (bicyclic) bond motifs is 1. The van der Waals surface area contributed by atoms with Crippen LogP contribution in [0.2, 0.25) is 0 Å². The maximum absolute atomic E-state index is 13.0. The van der Waals surface area contributed by atoms with E-state index >= 15 is 0 Å². The Morgan fingerprint density at radius 1 is 1.00 bits per heavy atom. The first-order valence-corrected chi connectivity index (χ1v) is 8.09. The van der Waals surface area contributed by atoms with Crippen molar-refractivity contribution in [2.75, 3.05) is 11.4 Å². The third-order valence-electron chi connectivity index (χ3n) is 4.68. The molecule has 4 heteroatoms. The lowest BCUT2D eigenvalue weighted by Gasteiger charge is -2.27. The van der Waals surface area contributed by atoms with Gasteiger partial charge in [-0.3, -0.25) is 9.59 Å². The molecular formula is C20H22N2O2. The number of rotatable bonds is 2. The lowest BCUT2D eigenvalue weighted by Crippen LogP contribution is -2.32. The number of carbonyl (C=O) groups excluding carboxylic acids is 2. The highest BCUT2D eigenvalue weighted by Gasteiger charge is 2.38. The molecule has 0 saturated carbocycles. The van der Waals surface area contributed by atoms with Crippen LogP contribution in [0.5, 0.6) is 0 Å². The van der Waals surface area contributed by atoms with Crippen molar-refractivity contribution in [3.05, 3.63) is 65.2 Å². The summed E-state index contributed by atoms with van der Waals surface area (Å²) in [5, 5.41) is 0. The second kappa shape index (κ2) is 5.78. The zero-order chi connectivity index (χ0) is 17.5. The van der Waals surface area contributed by atoms with Crippen molar-refractivity contribution in [2.24, 2.45) is 11.1 Å². The van der Waals surface area contributed by atoms with Crippen LogP contribution < -0.4 is 10.6 Å². The fourth-order valence-corrected chi connectivity index (χ4v) is 3.27. The number of nitrogens with zero attached hydrogens (tertiary/aromatic N) is 1. The molecule has 0 spiro atoms. The summed E-state index contributed by atoms with van der Waals surface area (Å²) in [6.45, 7) is 7.26. The Kier molecular flexibility index (Phi) is 3.91. The van der Waals surface area contributed by atoms with Gasteiger partial charge in [0.15, 0.2) is 0 Å². The standard InChI is InChI=1S/C20H22N2O2/c1-20(2,3)16-12-22(17-7-5-4-6-15(16)17)19(24)14-10-8-13(9-11-14)18(21)23/h4-11,16H,12H2,1-3H3,(H2,21,23). The molecule has 1 aliphatic rings. The van der Waals surface area contributed by atoms with E-state index in [-0.39, 0.29) is 11.3 Å². The number of benzene rings is 2. The van der Waals surface area contributed by atoms with Crippen molar-refractivity contribution >= 4 is 17.5 Å². The highest BCUT2D eigenvalue weighted by molar-refractivity contribution is 6.08. The number of carbonyl (C=O) groups is 2. The molecule has 2 aromatic carbocycles. The van der Waals surface area contributed by atoms with Crippen LogP contribution in [0.15, 0.2) is 48.5 Å². The minimum atomic E-state index is -0.492. The highest BCUT2D eigenvalue weighted by atomic mass is 16.2. The average Bonchev–Trinajstić information content (AvgIpc) is 2.94. The average molecular weight is 322 g/mol. The van der Waals surface area contributed by atoms with Gasteiger partial charge in [-0.05, 0) is 41.3 Å². The number of nitrogens with two attached hydrogens (primary N) is 1. The van der Waals surface area contributed by atoms with Crippen molar-refractivity contribution in [1.29, 1.82) is 0 Å². The van der Waals surface area contributed by atoms with E-state index in [2.05, 4.69) is 26.8 Å². The molecule has 0 radical (unpaired) electrons. The number of hydrogen-bond donors (Lipinski definition) is 1. The first kappa shape index (κ1) is 16.2. The van der Waals surface area contributed by atoms with Crippen LogP contribution >= 0.6 is 0 Å². The Labute approximate surface area is 142 Å². The summed E-state index contributed by atoms with van der Waals surface area (Å²) >= 11 is 0. The van der Waals surface area contributed by atoms with Gasteiger partial charge in [-0.1, -0.05) is 39.0 Å². The Bertz CT molecular complexity index is 788. The van der Waals surface area contributed by atoms with E-state index in [1.54, 1.807) is 24.3 Å². The molecule has 0 aliphatic carbocycles. The largest absolute Gasteiger partial charge is 0.366 e. The van der Waals surface area contributed by atoms with E-state index in [4.69, 9.17) is 5.73 Å². The lowest BCUT2D eigenvalue weighted by molar-refractivity contribution is 0.0979. The zero-order valence-electron chi connectivity index (χ0n) is 14.2. The molecule has 2 amide bonds. The maximum Gasteiger partial charge on any atom is 0.258 e. The maximum atomic E-state index is 13.0. The van der Waals surface area contributed by atoms with Crippen LogP contribution in [0.25, 0.3) is 0 Å². The van der Waals surface area contributed by atoms with Crippen LogP contribution in [0, 0.1) is 5.41 Å². The van der Waals surface area contributed by atoms with E-state index in [1.165, 1.54) is 5.56 Å². The van der Waals surface area contributed by atoms with Gasteiger partial charge in [0.25, 0.3) is 5.91 Å². The summed E-state index contributed by atoms with van der Waals surface area (Å²) in [6.07, 6.45) is 0. The van der Waals surface area contributed by atoms with Gasteiger partial charge in [-0.25, -0.2) is 0 Å². The van der Waals surface area contributed by atoms with Crippen LogP contribution in [-0.4, -0.2) is 18.4 Å². The van der Waals surface area contributed by atoms with Crippen LogP contribution in [0.1, 0.15) is 53.0 Å². The summed E-state index contributed by atoms with van der Waals surface area (Å²) < 4.78 is 0. The van der Waals surface area contributed by atoms with Crippen molar-refractivity contribution in [1.82, 2.24) is 0 Å². The first-order chi connectivity index (χ1) is 11.3. The van der Waals surface area contributed by atoms with E-state index < -0.39 is 5.91 Å². The molecule has 0 fully saturated rings. The van der Waals surface area contributed by atoms with Crippen molar-refractivity contribution in [3.8, 4) is 0 Å². The first-order valence-electron chi connectivity index (χ1n) is 8.09. The van der Waals surface area contributed by atoms with Gasteiger partial charge in [0.05, 0.1) is 0 Å². The number of hydrogen-bond acceptors (Lipinski definition) is 2. The summed E-state index contributed by atoms with van der Waals surface area (Å²) in [6, 6.07) is 14.6. The monoisotopic (exact) mass is 322 g/mol. The Balaban J connectivity index is 1.95. The topological polar surface area (TPSA) is 63.4 Å². The van der Waals surface area contributed by atoms with Crippen molar-refractivity contribution in [3.63, 3.8) is 0 Å². The van der Waals surface area contributed by atoms with Gasteiger partial charge in [-0.15, -0.1) is 0 Å². The van der Waals surface area contributed by atoms with Crippen LogP contribution in [0.3, 0.4) is 0 Å². The number of para-hydroxylation sites is 1. The molecular weight excluding hydrogens is 300 g/mol. The molecule has 3 rings (SSSR count). The molecule has 1 aliphatic heterocycles. The van der Waals surface area contributed by atoms with Crippen LogP contribution in [-0.2, 0) is 0 Å². The van der Waals surface area contributed by atoms with Gasteiger partial charge >= 0.3 is 0 Å². The number of anilines is 1. The third kappa shape index (κ3) is 2.80. The predicted molar refractivity (Wildman–Crippen MR) is 95.3 cm³/mol. The van der Waals surface area contributed by atoms with E-state index in [9.17, 15) is 9.59 Å². The molecule has 1 unspecified atom stereocenters. The molecule has 0 saturated heterocycles. The van der Waals surface area contributed by atoms with Gasteiger partial charge in [0.2, 0.25) is 5.91 Å². The Morgan fingerprint density at radius 3 is 2.17 bits per heavy atom. The molecule has 24 heavy (non-hydrogen) atoms. The summed E-state index contributed by atoms with van der Waals surface area (Å²) in [4.78, 5) is 26.0. The van der Waals surface area contributed by atoms with Crippen molar-refractivity contribution < 1.29 is 9.59 Å². The quantitative estimate of drug-likeness (QED) is 0.918. The van der Waals surface area contributed by atoms with Crippen LogP contribution in [0.4, 0.5) is 5.69 Å². The fourth-order valence-electron chi connectivity index (χ4n) is 3.27. The van der Waals surface area contributed by atoms with E-state index in [0.29, 0.717) is 23.6 Å². The zero-order valence-corrected chi connectivity index (χ0v) is 14.2. The SMILES string of the molecule is CC(C)(C)C1CN(C(=O)c2ccc(C(N)=O)cc2)c2ccccc21. The lowest BCUT2D eigenvalue weighted by atomic mass is 9.78. The summed E-state index contributed by atoms with van der Waals surface area (Å²) in [5.41, 5.74) is 8.48. The Morgan fingerprint density at radius 2 is 1.58 bits per heavy atom. The molecule has 1 heterocycles. The molecule has 2 N–H and O–H groups in total. The van der Waals surface area contributed by atoms with E-state index in [0.717, 1.165) is 5.69 Å². The van der Waals surface area contributed by atoms with Gasteiger partial charge in [0.1, 0.15) is 0 Å². The predicted octanol–water partition coefficient (Wildman–Crippen LogP) is 3.58. The molecule has 0 bridgehead atoms. The molecule has 4 nitrogen and oxygen atoms in total. The molecule has 1 atom stereocenters. The van der Waals surface area contributed by atoms with Gasteiger partial charge < -0.3 is 10.6 Å². The van der Waals surface area contributed by atoms with Gasteiger partial charge in [0, 0.05) is 29.3 Å². The molecule has 2 aromatic rings. The van der Waals surface area contributed by atoms with Gasteiger partial charge in [-0.2, -0.15) is 0 Å². The summed E-state index contributed by atoms with van der Waals surface area (Å²) in [5.74, 6) is -0.249. The smallest absolute Gasteiger partial charge is 0.258 e. The molecule has 0 aromatic heterocycles. The summed E-state index contributed by atoms with van der Waals surface area (Å²) in [7, 11) is 0. The molecule has 124 valence electrons. The second-order valence-corrected chi connectivity index (χ2v) is 7.33. The minimum absolute atomic E-state index is 0.0507. The normalized spacial score (nSPS) is 16.8. The number of amides is 2. The second-order valence-electron chi connectivity index (χ2n) is 7.33. The fraction of sp³-hybridized carbons (Fsp3) is 0.300. The number of primary amides is 1. The van der Waals surface area contributed by atoms with Crippen molar-refractivity contribution in [2.45, 2.75) is 26.7 Å². The highest BCUT2D eigenvalue weighted by Crippen LogP contribution is 2.45. The Hall–Kier alpha value is -2.62. The van der Waals surface area contributed by atoms with E-state index in [1.807, 2.05) is 23.1 Å².